The third-order valence-corrected chi connectivity index (χ3v) is 2.71. The molecule has 0 saturated carbocycles. The summed E-state index contributed by atoms with van der Waals surface area (Å²) in [5, 5.41) is 5.09. The third kappa shape index (κ3) is 1.73. The fraction of sp³-hybridized carbons (Fsp3) is 0.182. The van der Waals surface area contributed by atoms with E-state index < -0.39 is 0 Å². The molecule has 72 valence electrons. The van der Waals surface area contributed by atoms with Crippen LogP contribution >= 0.6 is 15.9 Å². The summed E-state index contributed by atoms with van der Waals surface area (Å²) in [5.41, 5.74) is 3.53. The molecule has 2 rings (SSSR count). The van der Waals surface area contributed by atoms with Gasteiger partial charge < -0.3 is 0 Å². The van der Waals surface area contributed by atoms with Gasteiger partial charge >= 0.3 is 0 Å². The Kier molecular flexibility index (Phi) is 2.68. The molecule has 0 saturated heterocycles. The Morgan fingerprint density at radius 2 is 1.93 bits per heavy atom. The van der Waals surface area contributed by atoms with Crippen LogP contribution in [0.1, 0.15) is 11.3 Å². The first kappa shape index (κ1) is 9.46. The molecule has 3 heteroatoms. The zero-order valence-corrected chi connectivity index (χ0v) is 9.53. The summed E-state index contributed by atoms with van der Waals surface area (Å²) in [5.74, 6) is 0. The summed E-state index contributed by atoms with van der Waals surface area (Å²) < 4.78 is 1.94. The Balaban J connectivity index is 2.44. The zero-order valence-electron chi connectivity index (χ0n) is 7.94. The van der Waals surface area contributed by atoms with E-state index in [1.165, 1.54) is 5.56 Å². The number of hydrogen-bond donors (Lipinski definition) is 0. The van der Waals surface area contributed by atoms with E-state index in [1.807, 2.05) is 16.9 Å². The lowest BCUT2D eigenvalue weighted by Gasteiger charge is -2.05. The van der Waals surface area contributed by atoms with Crippen LogP contribution in [0.3, 0.4) is 0 Å². The number of aryl methyl sites for hydroxylation is 1. The summed E-state index contributed by atoms with van der Waals surface area (Å²) in [4.78, 5) is 0. The monoisotopic (exact) mass is 250 g/mol. The van der Waals surface area contributed by atoms with Crippen LogP contribution in [0.5, 0.6) is 0 Å². The first-order valence-electron chi connectivity index (χ1n) is 4.47. The van der Waals surface area contributed by atoms with Crippen molar-refractivity contribution in [1.29, 1.82) is 0 Å². The zero-order chi connectivity index (χ0) is 9.97. The molecule has 0 spiro atoms. The maximum Gasteiger partial charge on any atom is 0.0649 e. The number of rotatable bonds is 2. The van der Waals surface area contributed by atoms with E-state index in [0.717, 1.165) is 16.7 Å². The fourth-order valence-corrected chi connectivity index (χ4v) is 1.77. The second kappa shape index (κ2) is 3.96. The molecule has 0 radical (unpaired) electrons. The van der Waals surface area contributed by atoms with Crippen LogP contribution in [0.15, 0.2) is 36.5 Å². The molecule has 14 heavy (non-hydrogen) atoms. The summed E-state index contributed by atoms with van der Waals surface area (Å²) in [7, 11) is 0. The normalized spacial score (nSPS) is 10.4. The molecular formula is C11H11BrN2. The minimum atomic E-state index is 0.820. The molecule has 0 aliphatic carbocycles. The molecule has 0 aliphatic rings. The van der Waals surface area contributed by atoms with E-state index in [1.54, 1.807) is 0 Å². The molecule has 0 fully saturated rings. The molecule has 2 nitrogen and oxygen atoms in total. The van der Waals surface area contributed by atoms with Crippen molar-refractivity contribution in [2.45, 2.75) is 12.3 Å². The maximum atomic E-state index is 4.27. The molecule has 0 N–H and O–H groups in total. The highest BCUT2D eigenvalue weighted by Gasteiger charge is 2.02. The third-order valence-electron chi connectivity index (χ3n) is 2.14. The van der Waals surface area contributed by atoms with Gasteiger partial charge in [0.05, 0.1) is 11.4 Å². The SMILES string of the molecule is Cc1ccc(-n2nccc2CBr)cc1. The van der Waals surface area contributed by atoms with Crippen LogP contribution in [-0.2, 0) is 5.33 Å². The highest BCUT2D eigenvalue weighted by atomic mass is 79.9. The Morgan fingerprint density at radius 3 is 2.57 bits per heavy atom. The van der Waals surface area contributed by atoms with Crippen LogP contribution in [0.2, 0.25) is 0 Å². The van der Waals surface area contributed by atoms with E-state index in [9.17, 15) is 0 Å². The predicted molar refractivity (Wildman–Crippen MR) is 60.9 cm³/mol. The number of hydrogen-bond acceptors (Lipinski definition) is 1. The van der Waals surface area contributed by atoms with Crippen molar-refractivity contribution in [2.24, 2.45) is 0 Å². The van der Waals surface area contributed by atoms with E-state index in [4.69, 9.17) is 0 Å². The van der Waals surface area contributed by atoms with Crippen LogP contribution in [0.4, 0.5) is 0 Å². The maximum absolute atomic E-state index is 4.27. The van der Waals surface area contributed by atoms with Gasteiger partial charge in [-0.05, 0) is 25.1 Å². The van der Waals surface area contributed by atoms with Crippen molar-refractivity contribution in [2.75, 3.05) is 0 Å². The van der Waals surface area contributed by atoms with Crippen molar-refractivity contribution >= 4 is 15.9 Å². The predicted octanol–water partition coefficient (Wildman–Crippen LogP) is 3.08. The van der Waals surface area contributed by atoms with Gasteiger partial charge in [0.25, 0.3) is 0 Å². The van der Waals surface area contributed by atoms with Gasteiger partial charge in [-0.15, -0.1) is 0 Å². The highest BCUT2D eigenvalue weighted by molar-refractivity contribution is 9.08. The topological polar surface area (TPSA) is 17.8 Å². The molecular weight excluding hydrogens is 240 g/mol. The number of aromatic nitrogens is 2. The lowest BCUT2D eigenvalue weighted by molar-refractivity contribution is 0.843. The minimum absolute atomic E-state index is 0.820. The number of halogens is 1. The Labute approximate surface area is 91.7 Å². The van der Waals surface area contributed by atoms with Crippen molar-refractivity contribution < 1.29 is 0 Å². The van der Waals surface area contributed by atoms with E-state index in [2.05, 4.69) is 52.2 Å². The van der Waals surface area contributed by atoms with Gasteiger partial charge in [-0.25, -0.2) is 4.68 Å². The summed E-state index contributed by atoms with van der Waals surface area (Å²) in [6.07, 6.45) is 1.82. The Hall–Kier alpha value is -1.09. The largest absolute Gasteiger partial charge is 0.237 e. The van der Waals surface area contributed by atoms with Gasteiger partial charge in [-0.3, -0.25) is 0 Å². The lowest BCUT2D eigenvalue weighted by atomic mass is 10.2. The average Bonchev–Trinajstić information content (AvgIpc) is 2.67. The van der Waals surface area contributed by atoms with Crippen LogP contribution in [0.25, 0.3) is 5.69 Å². The first-order valence-corrected chi connectivity index (χ1v) is 5.59. The number of nitrogens with zero attached hydrogens (tertiary/aromatic N) is 2. The van der Waals surface area contributed by atoms with E-state index in [0.29, 0.717) is 0 Å². The van der Waals surface area contributed by atoms with Gasteiger partial charge in [0.2, 0.25) is 0 Å². The second-order valence-corrected chi connectivity index (χ2v) is 3.76. The van der Waals surface area contributed by atoms with Crippen LogP contribution in [-0.4, -0.2) is 9.78 Å². The summed E-state index contributed by atoms with van der Waals surface area (Å²) >= 11 is 3.44. The van der Waals surface area contributed by atoms with Crippen LogP contribution < -0.4 is 0 Å². The summed E-state index contributed by atoms with van der Waals surface area (Å²) in [6, 6.07) is 10.3. The van der Waals surface area contributed by atoms with E-state index in [-0.39, 0.29) is 0 Å². The smallest absolute Gasteiger partial charge is 0.0649 e. The Morgan fingerprint density at radius 1 is 1.21 bits per heavy atom. The van der Waals surface area contributed by atoms with Gasteiger partial charge in [0, 0.05) is 11.5 Å². The second-order valence-electron chi connectivity index (χ2n) is 3.20. The number of alkyl halides is 1. The molecule has 0 unspecified atom stereocenters. The number of benzene rings is 1. The molecule has 0 amide bonds. The molecule has 1 aromatic carbocycles. The Bertz CT molecular complexity index is 417. The minimum Gasteiger partial charge on any atom is -0.237 e. The lowest BCUT2D eigenvalue weighted by Crippen LogP contribution is -1.99. The average molecular weight is 251 g/mol. The van der Waals surface area contributed by atoms with Crippen LogP contribution in [0, 0.1) is 6.92 Å². The standard InChI is InChI=1S/C11H11BrN2/c1-9-2-4-10(5-3-9)14-11(8-12)6-7-13-14/h2-7H,8H2,1H3. The van der Waals surface area contributed by atoms with Crippen molar-refractivity contribution in [1.82, 2.24) is 9.78 Å². The van der Waals surface area contributed by atoms with Gasteiger partial charge in [-0.2, -0.15) is 5.10 Å². The molecule has 0 aliphatic heterocycles. The molecule has 0 bridgehead atoms. The quantitative estimate of drug-likeness (QED) is 0.750. The molecule has 2 aromatic rings. The first-order chi connectivity index (χ1) is 6.81. The van der Waals surface area contributed by atoms with Crippen molar-refractivity contribution in [3.8, 4) is 5.69 Å². The fourth-order valence-electron chi connectivity index (χ4n) is 1.35. The van der Waals surface area contributed by atoms with Gasteiger partial charge in [-0.1, -0.05) is 33.6 Å². The summed E-state index contributed by atoms with van der Waals surface area (Å²) in [6.45, 7) is 2.08. The highest BCUT2D eigenvalue weighted by Crippen LogP contribution is 2.13. The van der Waals surface area contributed by atoms with E-state index >= 15 is 0 Å². The molecule has 0 atom stereocenters. The van der Waals surface area contributed by atoms with Gasteiger partial charge in [0.1, 0.15) is 0 Å². The van der Waals surface area contributed by atoms with Crippen molar-refractivity contribution in [3.05, 3.63) is 47.8 Å². The van der Waals surface area contributed by atoms with Crippen molar-refractivity contribution in [3.63, 3.8) is 0 Å². The van der Waals surface area contributed by atoms with Gasteiger partial charge in [0.15, 0.2) is 0 Å². The molecule has 1 aromatic heterocycles. The molecule has 1 heterocycles.